The lowest BCUT2D eigenvalue weighted by Gasteiger charge is -2.20. The van der Waals surface area contributed by atoms with Crippen molar-refractivity contribution >= 4 is 45.0 Å². The summed E-state index contributed by atoms with van der Waals surface area (Å²) >= 11 is 1.24. The molecule has 0 aliphatic heterocycles. The number of benzene rings is 2. The van der Waals surface area contributed by atoms with E-state index in [0.717, 1.165) is 0 Å². The number of aromatic nitrogens is 3. The number of imidazole rings is 1. The second-order valence-electron chi connectivity index (χ2n) is 6.20. The van der Waals surface area contributed by atoms with Crippen LogP contribution in [-0.4, -0.2) is 27.0 Å². The lowest BCUT2D eigenvalue weighted by molar-refractivity contribution is 0.0986. The molecule has 2 aromatic heterocycles. The molecule has 1 amide bonds. The molecular formula is C20H17ClF2N4OS. The van der Waals surface area contributed by atoms with Crippen LogP contribution in [-0.2, 0) is 6.54 Å². The van der Waals surface area contributed by atoms with E-state index in [9.17, 15) is 13.6 Å². The number of amides is 1. The third-order valence-corrected chi connectivity index (χ3v) is 5.31. The number of aryl methyl sites for hydroxylation is 1. The molecule has 0 spiro atoms. The Labute approximate surface area is 176 Å². The molecule has 0 saturated heterocycles. The molecular weight excluding hydrogens is 418 g/mol. The first kappa shape index (κ1) is 20.9. The van der Waals surface area contributed by atoms with Gasteiger partial charge in [-0.05, 0) is 36.8 Å². The summed E-state index contributed by atoms with van der Waals surface area (Å²) in [5, 5.41) is 0.389. The number of fused-ring (bicyclic) bond motifs is 1. The molecule has 4 rings (SSSR count). The van der Waals surface area contributed by atoms with Gasteiger partial charge in [0, 0.05) is 31.0 Å². The standard InChI is InChI=1S/C20H16F2N4OS.ClH/c21-15-5-1-4-14(12-15)19(27)26(10-3-9-25-11-8-23-13-25)20-24-18-16(22)6-2-7-17(18)28-20;/h1-2,4-8,11-13H,3,9-10H2;1H. The van der Waals surface area contributed by atoms with E-state index in [1.807, 2.05) is 10.8 Å². The van der Waals surface area contributed by atoms with Crippen LogP contribution in [0.5, 0.6) is 0 Å². The molecule has 0 fully saturated rings. The summed E-state index contributed by atoms with van der Waals surface area (Å²) in [5.41, 5.74) is 0.455. The van der Waals surface area contributed by atoms with Gasteiger partial charge in [-0.3, -0.25) is 9.69 Å². The van der Waals surface area contributed by atoms with Crippen LogP contribution in [0, 0.1) is 11.6 Å². The lowest BCUT2D eigenvalue weighted by atomic mass is 10.2. The number of carbonyl (C=O) groups is 1. The van der Waals surface area contributed by atoms with Crippen LogP contribution in [0.15, 0.2) is 61.2 Å². The molecule has 0 bridgehead atoms. The average molecular weight is 435 g/mol. The molecule has 0 unspecified atom stereocenters. The van der Waals surface area contributed by atoms with Crippen molar-refractivity contribution in [1.82, 2.24) is 14.5 Å². The van der Waals surface area contributed by atoms with Crippen molar-refractivity contribution in [1.29, 1.82) is 0 Å². The van der Waals surface area contributed by atoms with E-state index in [2.05, 4.69) is 9.97 Å². The molecule has 0 aliphatic rings. The fourth-order valence-corrected chi connectivity index (χ4v) is 3.91. The number of nitrogens with zero attached hydrogens (tertiary/aromatic N) is 4. The third-order valence-electron chi connectivity index (χ3n) is 4.26. The van der Waals surface area contributed by atoms with Gasteiger partial charge in [-0.25, -0.2) is 18.7 Å². The normalized spacial score (nSPS) is 10.7. The Bertz CT molecular complexity index is 1120. The van der Waals surface area contributed by atoms with Gasteiger partial charge in [0.05, 0.1) is 11.0 Å². The summed E-state index contributed by atoms with van der Waals surface area (Å²) in [4.78, 5) is 22.9. The van der Waals surface area contributed by atoms with E-state index in [4.69, 9.17) is 0 Å². The van der Waals surface area contributed by atoms with Gasteiger partial charge < -0.3 is 4.57 Å². The Morgan fingerprint density at radius 3 is 2.72 bits per heavy atom. The van der Waals surface area contributed by atoms with Gasteiger partial charge >= 0.3 is 0 Å². The van der Waals surface area contributed by atoms with Crippen molar-refractivity contribution in [3.05, 3.63) is 78.4 Å². The number of halogens is 3. The van der Waals surface area contributed by atoms with Gasteiger partial charge in [0.1, 0.15) is 17.2 Å². The van der Waals surface area contributed by atoms with Crippen molar-refractivity contribution in [2.75, 3.05) is 11.4 Å². The molecule has 0 saturated carbocycles. The Hall–Kier alpha value is -2.84. The van der Waals surface area contributed by atoms with Crippen molar-refractivity contribution in [2.45, 2.75) is 13.0 Å². The van der Waals surface area contributed by atoms with Crippen LogP contribution in [0.25, 0.3) is 10.2 Å². The van der Waals surface area contributed by atoms with Crippen LogP contribution in [0.1, 0.15) is 16.8 Å². The summed E-state index contributed by atoms with van der Waals surface area (Å²) in [5.74, 6) is -1.29. The van der Waals surface area contributed by atoms with E-state index < -0.39 is 11.6 Å². The number of para-hydroxylation sites is 1. The zero-order valence-electron chi connectivity index (χ0n) is 15.2. The van der Waals surface area contributed by atoms with E-state index in [0.29, 0.717) is 29.3 Å². The molecule has 0 N–H and O–H groups in total. The molecule has 0 radical (unpaired) electrons. The van der Waals surface area contributed by atoms with Crippen molar-refractivity contribution < 1.29 is 13.6 Å². The van der Waals surface area contributed by atoms with Crippen LogP contribution in [0.4, 0.5) is 13.9 Å². The zero-order chi connectivity index (χ0) is 19.5. The lowest BCUT2D eigenvalue weighted by Crippen LogP contribution is -2.32. The van der Waals surface area contributed by atoms with Gasteiger partial charge in [-0.2, -0.15) is 0 Å². The molecule has 2 heterocycles. The summed E-state index contributed by atoms with van der Waals surface area (Å²) in [6.45, 7) is 1.02. The number of anilines is 1. The van der Waals surface area contributed by atoms with Gasteiger partial charge in [0.25, 0.3) is 5.91 Å². The highest BCUT2D eigenvalue weighted by Gasteiger charge is 2.22. The summed E-state index contributed by atoms with van der Waals surface area (Å²) in [7, 11) is 0. The minimum absolute atomic E-state index is 0. The largest absolute Gasteiger partial charge is 0.337 e. The van der Waals surface area contributed by atoms with E-state index in [-0.39, 0.29) is 29.4 Å². The molecule has 2 aromatic carbocycles. The first-order valence-corrected chi connectivity index (χ1v) is 9.52. The Balaban J connectivity index is 0.00000240. The fraction of sp³-hybridized carbons (Fsp3) is 0.150. The van der Waals surface area contributed by atoms with Crippen molar-refractivity contribution in [3.8, 4) is 0 Å². The topological polar surface area (TPSA) is 51.0 Å². The van der Waals surface area contributed by atoms with Gasteiger partial charge in [0.2, 0.25) is 0 Å². The highest BCUT2D eigenvalue weighted by Crippen LogP contribution is 2.31. The SMILES string of the molecule is Cl.O=C(c1cccc(F)c1)N(CCCn1ccnc1)c1nc2c(F)cccc2s1. The highest BCUT2D eigenvalue weighted by atomic mass is 35.5. The minimum atomic E-state index is -0.487. The van der Waals surface area contributed by atoms with E-state index >= 15 is 0 Å². The van der Waals surface area contributed by atoms with Gasteiger partial charge in [-0.1, -0.05) is 23.5 Å². The number of hydrogen-bond acceptors (Lipinski definition) is 4. The highest BCUT2D eigenvalue weighted by molar-refractivity contribution is 7.22. The summed E-state index contributed by atoms with van der Waals surface area (Å²) in [6, 6.07) is 10.2. The van der Waals surface area contributed by atoms with Crippen molar-refractivity contribution in [3.63, 3.8) is 0 Å². The maximum absolute atomic E-state index is 14.1. The first-order chi connectivity index (χ1) is 13.6. The van der Waals surface area contributed by atoms with E-state index in [1.165, 1.54) is 40.5 Å². The van der Waals surface area contributed by atoms with Crippen molar-refractivity contribution in [2.24, 2.45) is 0 Å². The van der Waals surface area contributed by atoms with Crippen LogP contribution >= 0.6 is 23.7 Å². The first-order valence-electron chi connectivity index (χ1n) is 8.70. The van der Waals surface area contributed by atoms with Gasteiger partial charge in [0.15, 0.2) is 5.13 Å². The summed E-state index contributed by atoms with van der Waals surface area (Å²) in [6.07, 6.45) is 5.86. The van der Waals surface area contributed by atoms with Crippen LogP contribution < -0.4 is 4.90 Å². The molecule has 29 heavy (non-hydrogen) atoms. The molecule has 150 valence electrons. The minimum Gasteiger partial charge on any atom is -0.337 e. The molecule has 0 atom stereocenters. The molecule has 4 aromatic rings. The number of carbonyl (C=O) groups excluding carboxylic acids is 1. The van der Waals surface area contributed by atoms with E-state index in [1.54, 1.807) is 30.7 Å². The quantitative estimate of drug-likeness (QED) is 0.432. The molecule has 9 heteroatoms. The maximum Gasteiger partial charge on any atom is 0.260 e. The Kier molecular flexibility index (Phi) is 6.56. The number of thiazole rings is 1. The Morgan fingerprint density at radius 2 is 2.00 bits per heavy atom. The number of hydrogen-bond donors (Lipinski definition) is 0. The number of rotatable bonds is 6. The third kappa shape index (κ3) is 4.60. The fourth-order valence-electron chi connectivity index (χ4n) is 2.91. The zero-order valence-corrected chi connectivity index (χ0v) is 16.8. The second-order valence-corrected chi connectivity index (χ2v) is 7.21. The average Bonchev–Trinajstić information content (AvgIpc) is 3.35. The predicted octanol–water partition coefficient (Wildman–Crippen LogP) is 4.93. The molecule has 0 aliphatic carbocycles. The van der Waals surface area contributed by atoms with Gasteiger partial charge in [-0.15, -0.1) is 12.4 Å². The summed E-state index contributed by atoms with van der Waals surface area (Å²) < 4.78 is 30.2. The predicted molar refractivity (Wildman–Crippen MR) is 112 cm³/mol. The smallest absolute Gasteiger partial charge is 0.260 e. The second kappa shape index (κ2) is 9.11. The van der Waals surface area contributed by atoms with Crippen LogP contribution in [0.3, 0.4) is 0 Å². The maximum atomic E-state index is 14.1. The monoisotopic (exact) mass is 434 g/mol. The Morgan fingerprint density at radius 1 is 1.17 bits per heavy atom. The van der Waals surface area contributed by atoms with Crippen LogP contribution in [0.2, 0.25) is 0 Å². The molecule has 5 nitrogen and oxygen atoms in total.